The lowest BCUT2D eigenvalue weighted by Gasteiger charge is -2.07. The minimum Gasteiger partial charge on any atom is -0.381 e. The Hall–Kier alpha value is -4.34. The number of hydrogen-bond donors (Lipinski definition) is 2. The Balaban J connectivity index is 1.49. The largest absolute Gasteiger partial charge is 0.381 e. The van der Waals surface area contributed by atoms with Gasteiger partial charge in [0.2, 0.25) is 0 Å². The fourth-order valence-electron chi connectivity index (χ4n) is 4.04. The van der Waals surface area contributed by atoms with E-state index in [1.807, 2.05) is 60.9 Å². The first-order valence-electron chi connectivity index (χ1n) is 11.1. The second-order valence-corrected chi connectivity index (χ2v) is 8.65. The van der Waals surface area contributed by atoms with Crippen molar-refractivity contribution in [3.05, 3.63) is 118 Å². The third-order valence-electron chi connectivity index (χ3n) is 5.79. The molecule has 3 aromatic carbocycles. The molecule has 0 aliphatic heterocycles. The zero-order chi connectivity index (χ0) is 24.2. The van der Waals surface area contributed by atoms with Crippen molar-refractivity contribution in [2.45, 2.75) is 13.1 Å². The zero-order valence-electron chi connectivity index (χ0n) is 18.7. The fraction of sp³-hybridized carbons (Fsp3) is 0.0714. The Morgan fingerprint density at radius 2 is 1.97 bits per heavy atom. The van der Waals surface area contributed by atoms with Crippen molar-refractivity contribution < 1.29 is 4.39 Å². The molecule has 5 rings (SSSR count). The average molecular weight is 482 g/mol. The van der Waals surface area contributed by atoms with E-state index in [0.717, 1.165) is 38.8 Å². The van der Waals surface area contributed by atoms with E-state index in [0.29, 0.717) is 23.7 Å². The van der Waals surface area contributed by atoms with Crippen LogP contribution in [-0.2, 0) is 13.1 Å². The molecular formula is C28H21ClFN5. The average Bonchev–Trinajstić information content (AvgIpc) is 3.51. The zero-order valence-corrected chi connectivity index (χ0v) is 19.4. The number of benzene rings is 3. The van der Waals surface area contributed by atoms with Gasteiger partial charge in [-0.15, -0.1) is 0 Å². The number of nitriles is 1. The first-order chi connectivity index (χ1) is 17.1. The number of aromatic amines is 1. The monoisotopic (exact) mass is 481 g/mol. The van der Waals surface area contributed by atoms with Gasteiger partial charge in [-0.2, -0.15) is 10.4 Å². The molecule has 35 heavy (non-hydrogen) atoms. The molecule has 2 heterocycles. The van der Waals surface area contributed by atoms with Crippen LogP contribution in [0.5, 0.6) is 0 Å². The van der Waals surface area contributed by atoms with Crippen LogP contribution >= 0.6 is 11.6 Å². The number of fused-ring (bicyclic) bond motifs is 1. The van der Waals surface area contributed by atoms with Crippen LogP contribution < -0.4 is 5.32 Å². The molecule has 0 saturated carbocycles. The van der Waals surface area contributed by atoms with Gasteiger partial charge in [0.25, 0.3) is 0 Å². The molecule has 0 bridgehead atoms. The van der Waals surface area contributed by atoms with Crippen LogP contribution in [0.1, 0.15) is 22.3 Å². The van der Waals surface area contributed by atoms with Gasteiger partial charge in [0.15, 0.2) is 0 Å². The topological polar surface area (TPSA) is 69.4 Å². The van der Waals surface area contributed by atoms with Crippen molar-refractivity contribution >= 4 is 39.8 Å². The molecule has 0 aliphatic rings. The van der Waals surface area contributed by atoms with Gasteiger partial charge in [0.05, 0.1) is 23.4 Å². The van der Waals surface area contributed by atoms with Gasteiger partial charge in [-0.25, -0.2) is 4.39 Å². The highest BCUT2D eigenvalue weighted by molar-refractivity contribution is 6.31. The molecule has 0 fully saturated rings. The molecule has 172 valence electrons. The van der Waals surface area contributed by atoms with E-state index in [4.69, 9.17) is 11.6 Å². The van der Waals surface area contributed by atoms with Crippen molar-refractivity contribution in [1.82, 2.24) is 14.8 Å². The Morgan fingerprint density at radius 3 is 2.74 bits per heavy atom. The van der Waals surface area contributed by atoms with Crippen LogP contribution in [0.2, 0.25) is 5.02 Å². The molecule has 5 nitrogen and oxygen atoms in total. The minimum absolute atomic E-state index is 0.266. The van der Waals surface area contributed by atoms with E-state index in [1.165, 1.54) is 12.1 Å². The lowest BCUT2D eigenvalue weighted by atomic mass is 10.0. The molecule has 2 N–H and O–H groups in total. The smallest absolute Gasteiger partial charge is 0.123 e. The second kappa shape index (κ2) is 9.88. The first-order valence-corrected chi connectivity index (χ1v) is 11.4. The maximum atomic E-state index is 13.4. The molecule has 0 saturated heterocycles. The third kappa shape index (κ3) is 5.11. The van der Waals surface area contributed by atoms with Crippen molar-refractivity contribution in [1.29, 1.82) is 5.26 Å². The van der Waals surface area contributed by atoms with Crippen LogP contribution in [0.4, 0.5) is 10.1 Å². The second-order valence-electron chi connectivity index (χ2n) is 8.21. The predicted octanol–water partition coefficient (Wildman–Crippen LogP) is 6.88. The number of nitrogens with zero attached hydrogens (tertiary/aromatic N) is 3. The highest BCUT2D eigenvalue weighted by Gasteiger charge is 2.11. The Morgan fingerprint density at radius 1 is 1.11 bits per heavy atom. The van der Waals surface area contributed by atoms with Crippen molar-refractivity contribution in [3.8, 4) is 6.07 Å². The summed E-state index contributed by atoms with van der Waals surface area (Å²) in [5, 5.41) is 21.7. The standard InChI is InChI=1S/C28H21ClFN5/c29-24-6-9-27-23(18-35(28(27)12-24)17-19-4-7-25(30)8-5-19)10-22(13-31)21-2-1-3-26(11-21)32-14-20-15-33-34-16-20/h1-12,15-16,18,32H,14,17H2,(H,33,34)/b22-10+. The first kappa shape index (κ1) is 22.5. The molecule has 0 spiro atoms. The van der Waals surface area contributed by atoms with Crippen molar-refractivity contribution in [2.75, 3.05) is 5.32 Å². The number of halogens is 2. The van der Waals surface area contributed by atoms with Gasteiger partial charge in [0.1, 0.15) is 5.82 Å². The lowest BCUT2D eigenvalue weighted by Crippen LogP contribution is -1.98. The van der Waals surface area contributed by atoms with Gasteiger partial charge in [-0.05, 0) is 53.6 Å². The summed E-state index contributed by atoms with van der Waals surface area (Å²) in [6, 6.07) is 22.3. The molecular weight excluding hydrogens is 461 g/mol. The number of anilines is 1. The summed E-state index contributed by atoms with van der Waals surface area (Å²) in [6.07, 6.45) is 7.51. The minimum atomic E-state index is -0.266. The molecule has 0 atom stereocenters. The van der Waals surface area contributed by atoms with Crippen LogP contribution in [0.15, 0.2) is 85.3 Å². The van der Waals surface area contributed by atoms with Crippen LogP contribution in [0, 0.1) is 17.1 Å². The fourth-order valence-corrected chi connectivity index (χ4v) is 4.20. The summed E-state index contributed by atoms with van der Waals surface area (Å²) in [4.78, 5) is 0. The Labute approximate surface area is 207 Å². The summed E-state index contributed by atoms with van der Waals surface area (Å²) in [6.45, 7) is 1.18. The highest BCUT2D eigenvalue weighted by atomic mass is 35.5. The van der Waals surface area contributed by atoms with Crippen LogP contribution in [-0.4, -0.2) is 14.8 Å². The van der Waals surface area contributed by atoms with Gasteiger partial charge in [0, 0.05) is 52.7 Å². The number of rotatable bonds is 7. The predicted molar refractivity (Wildman–Crippen MR) is 138 cm³/mol. The molecule has 0 aliphatic carbocycles. The van der Waals surface area contributed by atoms with Crippen molar-refractivity contribution in [2.24, 2.45) is 0 Å². The molecule has 0 amide bonds. The number of H-pyrrole nitrogens is 1. The van der Waals surface area contributed by atoms with E-state index in [-0.39, 0.29) is 5.82 Å². The summed E-state index contributed by atoms with van der Waals surface area (Å²) in [5.74, 6) is -0.266. The summed E-state index contributed by atoms with van der Waals surface area (Å²) in [5.41, 5.74) is 6.14. The summed E-state index contributed by atoms with van der Waals surface area (Å²) >= 11 is 6.29. The Kier molecular flexibility index (Phi) is 6.34. The quantitative estimate of drug-likeness (QED) is 0.249. The van der Waals surface area contributed by atoms with Gasteiger partial charge in [-0.1, -0.05) is 41.9 Å². The van der Waals surface area contributed by atoms with E-state index in [1.54, 1.807) is 18.3 Å². The maximum absolute atomic E-state index is 13.4. The normalized spacial score (nSPS) is 11.5. The molecule has 0 unspecified atom stereocenters. The molecule has 0 radical (unpaired) electrons. The van der Waals surface area contributed by atoms with Gasteiger partial charge < -0.3 is 9.88 Å². The lowest BCUT2D eigenvalue weighted by molar-refractivity contribution is 0.626. The van der Waals surface area contributed by atoms with E-state index < -0.39 is 0 Å². The SMILES string of the molecule is N#C/C(=C\c1cn(Cc2ccc(F)cc2)c2cc(Cl)ccc12)c1cccc(NCc2cn[nH]c2)c1. The highest BCUT2D eigenvalue weighted by Crippen LogP contribution is 2.29. The molecule has 7 heteroatoms. The van der Waals surface area contributed by atoms with Crippen LogP contribution in [0.25, 0.3) is 22.6 Å². The van der Waals surface area contributed by atoms with Crippen molar-refractivity contribution in [3.63, 3.8) is 0 Å². The number of allylic oxidation sites excluding steroid dienone is 1. The molecule has 2 aromatic heterocycles. The van der Waals surface area contributed by atoms with E-state index in [9.17, 15) is 9.65 Å². The third-order valence-corrected chi connectivity index (χ3v) is 6.02. The van der Waals surface area contributed by atoms with E-state index in [2.05, 4.69) is 26.2 Å². The van der Waals surface area contributed by atoms with Gasteiger partial charge in [-0.3, -0.25) is 5.10 Å². The number of hydrogen-bond acceptors (Lipinski definition) is 3. The number of aromatic nitrogens is 3. The summed E-state index contributed by atoms with van der Waals surface area (Å²) < 4.78 is 15.4. The summed E-state index contributed by atoms with van der Waals surface area (Å²) in [7, 11) is 0. The van der Waals surface area contributed by atoms with Crippen LogP contribution in [0.3, 0.4) is 0 Å². The molecule has 5 aromatic rings. The Bertz CT molecular complexity index is 1540. The number of nitrogens with one attached hydrogen (secondary N) is 2. The van der Waals surface area contributed by atoms with Gasteiger partial charge >= 0.3 is 0 Å². The van der Waals surface area contributed by atoms with E-state index >= 15 is 0 Å². The maximum Gasteiger partial charge on any atom is 0.123 e.